The van der Waals surface area contributed by atoms with Crippen LogP contribution < -0.4 is 14.2 Å². The Morgan fingerprint density at radius 2 is 1.79 bits per heavy atom. The summed E-state index contributed by atoms with van der Waals surface area (Å²) in [5.74, 6) is 0.688. The van der Waals surface area contributed by atoms with Gasteiger partial charge in [0.15, 0.2) is 17.3 Å². The number of allylic oxidation sites excluding steroid dienone is 1. The predicted octanol–water partition coefficient (Wildman–Crippen LogP) is 5.58. The van der Waals surface area contributed by atoms with Gasteiger partial charge in [-0.3, -0.25) is 9.59 Å². The van der Waals surface area contributed by atoms with Gasteiger partial charge < -0.3 is 19.3 Å². The second-order valence-electron chi connectivity index (χ2n) is 8.78. The van der Waals surface area contributed by atoms with Gasteiger partial charge in [0.25, 0.3) is 0 Å². The first-order chi connectivity index (χ1) is 16.4. The Bertz CT molecular complexity index is 1330. The van der Waals surface area contributed by atoms with E-state index in [4.69, 9.17) is 14.2 Å². The Kier molecular flexibility index (Phi) is 5.36. The van der Waals surface area contributed by atoms with Crippen molar-refractivity contribution in [2.45, 2.75) is 32.1 Å². The van der Waals surface area contributed by atoms with Gasteiger partial charge in [-0.15, -0.1) is 0 Å². The molecule has 0 aliphatic carbocycles. The van der Waals surface area contributed by atoms with E-state index in [0.29, 0.717) is 34.3 Å². The van der Waals surface area contributed by atoms with Crippen LogP contribution in [-0.2, 0) is 4.79 Å². The maximum absolute atomic E-state index is 13.2. The van der Waals surface area contributed by atoms with Gasteiger partial charge in [0.1, 0.15) is 11.5 Å². The van der Waals surface area contributed by atoms with E-state index in [-0.39, 0.29) is 29.7 Å². The molecule has 2 heterocycles. The van der Waals surface area contributed by atoms with Gasteiger partial charge in [-0.25, -0.2) is 0 Å². The van der Waals surface area contributed by atoms with Crippen molar-refractivity contribution in [2.75, 3.05) is 7.11 Å². The number of aromatic hydroxyl groups is 1. The van der Waals surface area contributed by atoms with Gasteiger partial charge in [-0.05, 0) is 52.9 Å². The molecule has 0 saturated carbocycles. The van der Waals surface area contributed by atoms with Gasteiger partial charge in [-0.1, -0.05) is 44.2 Å². The van der Waals surface area contributed by atoms with Crippen LogP contribution in [0.3, 0.4) is 0 Å². The largest absolute Gasteiger partial charge is 0.504 e. The number of fused-ring (bicyclic) bond motifs is 3. The number of ketones is 1. The minimum absolute atomic E-state index is 0.00304. The maximum Gasteiger partial charge on any atom is 0.312 e. The molecule has 0 bridgehead atoms. The summed E-state index contributed by atoms with van der Waals surface area (Å²) in [4.78, 5) is 25.5. The van der Waals surface area contributed by atoms with Crippen LogP contribution in [0.25, 0.3) is 6.08 Å². The highest BCUT2D eigenvalue weighted by Crippen LogP contribution is 2.49. The summed E-state index contributed by atoms with van der Waals surface area (Å²) in [6.07, 6.45) is 1.80. The van der Waals surface area contributed by atoms with Crippen LogP contribution in [0.2, 0.25) is 0 Å². The number of esters is 1. The van der Waals surface area contributed by atoms with E-state index in [1.54, 1.807) is 30.3 Å². The summed E-state index contributed by atoms with van der Waals surface area (Å²) in [7, 11) is 1.46. The molecule has 1 N–H and O–H groups in total. The monoisotopic (exact) mass is 456 g/mol. The second kappa shape index (κ2) is 8.37. The van der Waals surface area contributed by atoms with Crippen LogP contribution in [0, 0.1) is 0 Å². The molecule has 1 atom stereocenters. The number of methoxy groups -OCH3 is 1. The summed E-state index contributed by atoms with van der Waals surface area (Å²) in [6, 6.07) is 16.2. The standard InChI is InChI=1S/C28H24O6/c1-15(2)17-6-4-16(5-7-17)12-24-27(31)19-9-11-22-26(28(19)34-24)20(14-25(30)33-22)18-8-10-21(29)23(13-18)32-3/h4-13,15,20,29H,14H2,1-3H3. The molecule has 6 heteroatoms. The van der Waals surface area contributed by atoms with Crippen LogP contribution in [0.15, 0.2) is 60.4 Å². The van der Waals surface area contributed by atoms with Crippen LogP contribution in [0.5, 0.6) is 23.0 Å². The van der Waals surface area contributed by atoms with Crippen LogP contribution >= 0.6 is 0 Å². The Hall–Kier alpha value is -4.06. The van der Waals surface area contributed by atoms with Gasteiger partial charge in [-0.2, -0.15) is 0 Å². The zero-order chi connectivity index (χ0) is 24.0. The van der Waals surface area contributed by atoms with Crippen LogP contribution in [0.1, 0.15) is 64.7 Å². The molecule has 5 rings (SSSR count). The van der Waals surface area contributed by atoms with E-state index in [0.717, 1.165) is 11.1 Å². The number of hydrogen-bond acceptors (Lipinski definition) is 6. The van der Waals surface area contributed by atoms with Gasteiger partial charge in [0, 0.05) is 11.5 Å². The van der Waals surface area contributed by atoms with E-state index < -0.39 is 5.92 Å². The molecule has 3 aromatic carbocycles. The van der Waals surface area contributed by atoms with Crippen molar-refractivity contribution in [3.63, 3.8) is 0 Å². The first-order valence-corrected chi connectivity index (χ1v) is 11.1. The second-order valence-corrected chi connectivity index (χ2v) is 8.78. The van der Waals surface area contributed by atoms with E-state index in [9.17, 15) is 14.7 Å². The fraction of sp³-hybridized carbons (Fsp3) is 0.214. The highest BCUT2D eigenvalue weighted by atomic mass is 16.5. The smallest absolute Gasteiger partial charge is 0.312 e. The highest BCUT2D eigenvalue weighted by Gasteiger charge is 2.38. The van der Waals surface area contributed by atoms with Crippen molar-refractivity contribution in [3.05, 3.63) is 88.2 Å². The zero-order valence-electron chi connectivity index (χ0n) is 19.1. The molecule has 172 valence electrons. The molecule has 3 aromatic rings. The van der Waals surface area contributed by atoms with Crippen LogP contribution in [-0.4, -0.2) is 24.0 Å². The van der Waals surface area contributed by atoms with E-state index in [2.05, 4.69) is 13.8 Å². The van der Waals surface area contributed by atoms with Crippen LogP contribution in [0.4, 0.5) is 0 Å². The molecule has 0 amide bonds. The lowest BCUT2D eigenvalue weighted by Gasteiger charge is -2.26. The lowest BCUT2D eigenvalue weighted by molar-refractivity contribution is -0.135. The number of phenolic OH excluding ortho intramolecular Hbond substituents is 1. The molecule has 6 nitrogen and oxygen atoms in total. The summed E-state index contributed by atoms with van der Waals surface area (Å²) in [5, 5.41) is 10.00. The lowest BCUT2D eigenvalue weighted by Crippen LogP contribution is -2.21. The average Bonchev–Trinajstić information content (AvgIpc) is 3.14. The fourth-order valence-corrected chi connectivity index (χ4v) is 4.43. The zero-order valence-corrected chi connectivity index (χ0v) is 19.1. The molecular formula is C28H24O6. The van der Waals surface area contributed by atoms with E-state index in [1.807, 2.05) is 24.3 Å². The van der Waals surface area contributed by atoms with Gasteiger partial charge >= 0.3 is 5.97 Å². The molecule has 0 fully saturated rings. The van der Waals surface area contributed by atoms with Crippen molar-refractivity contribution in [1.82, 2.24) is 0 Å². The Balaban J connectivity index is 1.57. The summed E-state index contributed by atoms with van der Waals surface area (Å²) in [5.41, 5.74) is 3.89. The Morgan fingerprint density at radius 3 is 2.50 bits per heavy atom. The van der Waals surface area contributed by atoms with Gasteiger partial charge in [0.05, 0.1) is 19.1 Å². The first-order valence-electron chi connectivity index (χ1n) is 11.1. The quantitative estimate of drug-likeness (QED) is 0.313. The van der Waals surface area contributed by atoms with Crippen molar-refractivity contribution in [2.24, 2.45) is 0 Å². The highest BCUT2D eigenvalue weighted by molar-refractivity contribution is 6.15. The Morgan fingerprint density at radius 1 is 1.03 bits per heavy atom. The number of hydrogen-bond donors (Lipinski definition) is 1. The van der Waals surface area contributed by atoms with Crippen molar-refractivity contribution in [1.29, 1.82) is 0 Å². The normalized spacial score (nSPS) is 17.9. The molecule has 2 aliphatic heterocycles. The molecule has 0 radical (unpaired) electrons. The molecule has 0 spiro atoms. The minimum atomic E-state index is -0.418. The van der Waals surface area contributed by atoms with Crippen molar-refractivity contribution in [3.8, 4) is 23.0 Å². The average molecular weight is 456 g/mol. The SMILES string of the molecule is COc1cc(C2CC(=O)Oc3ccc4c(c32)OC(=Cc2ccc(C(C)C)cc2)C4=O)ccc1O. The third-order valence-corrected chi connectivity index (χ3v) is 6.29. The molecular weight excluding hydrogens is 432 g/mol. The number of Topliss-reactive ketones (excluding diaryl/α,β-unsaturated/α-hetero) is 1. The fourth-order valence-electron chi connectivity index (χ4n) is 4.43. The summed E-state index contributed by atoms with van der Waals surface area (Å²) < 4.78 is 16.8. The Labute approximate surface area is 197 Å². The van der Waals surface area contributed by atoms with Crippen molar-refractivity contribution >= 4 is 17.8 Å². The minimum Gasteiger partial charge on any atom is -0.504 e. The number of benzene rings is 3. The molecule has 2 aliphatic rings. The number of ether oxygens (including phenoxy) is 3. The predicted molar refractivity (Wildman–Crippen MR) is 127 cm³/mol. The number of rotatable bonds is 4. The lowest BCUT2D eigenvalue weighted by atomic mass is 9.84. The van der Waals surface area contributed by atoms with E-state index in [1.165, 1.54) is 18.7 Å². The molecule has 1 unspecified atom stereocenters. The van der Waals surface area contributed by atoms with Crippen molar-refractivity contribution < 1.29 is 28.9 Å². The first kappa shape index (κ1) is 21.8. The summed E-state index contributed by atoms with van der Waals surface area (Å²) in [6.45, 7) is 4.26. The number of phenols is 1. The van der Waals surface area contributed by atoms with E-state index >= 15 is 0 Å². The third-order valence-electron chi connectivity index (χ3n) is 6.29. The van der Waals surface area contributed by atoms with Gasteiger partial charge in [0.2, 0.25) is 5.78 Å². The third kappa shape index (κ3) is 3.71. The molecule has 0 aromatic heterocycles. The summed E-state index contributed by atoms with van der Waals surface area (Å²) >= 11 is 0. The number of carbonyl (C=O) groups is 2. The number of carbonyl (C=O) groups excluding carboxylic acids is 2. The maximum atomic E-state index is 13.2. The topological polar surface area (TPSA) is 82.1 Å². The molecule has 0 saturated heterocycles. The molecule has 34 heavy (non-hydrogen) atoms.